The van der Waals surface area contributed by atoms with E-state index in [1.165, 1.54) is 12.4 Å². The van der Waals surface area contributed by atoms with Crippen LogP contribution in [0, 0.1) is 0 Å². The molecule has 1 amide bonds. The van der Waals surface area contributed by atoms with Crippen LogP contribution in [0.2, 0.25) is 5.02 Å². The summed E-state index contributed by atoms with van der Waals surface area (Å²) in [6.07, 6.45) is 2.97. The van der Waals surface area contributed by atoms with Crippen LogP contribution in [-0.4, -0.2) is 20.7 Å². The summed E-state index contributed by atoms with van der Waals surface area (Å²) in [5.41, 5.74) is 1.55. The Morgan fingerprint density at radius 2 is 1.96 bits per heavy atom. The van der Waals surface area contributed by atoms with E-state index in [4.69, 9.17) is 11.6 Å². The fourth-order valence-corrected chi connectivity index (χ4v) is 3.49. The number of fused-ring (bicyclic) bond motifs is 1. The Bertz CT molecular complexity index is 1200. The molecule has 0 fully saturated rings. The SMILES string of the molecule is C[C@H](NC(=O)c1cn[nH]c1)c1cc2cccc(Cl)c2c(=O)n1-c1ccccc1. The number of para-hydroxylation sites is 1. The Kier molecular flexibility index (Phi) is 4.71. The molecule has 0 saturated carbocycles. The number of nitrogens with one attached hydrogen (secondary N) is 2. The van der Waals surface area contributed by atoms with Crippen LogP contribution >= 0.6 is 11.6 Å². The van der Waals surface area contributed by atoms with Crippen molar-refractivity contribution in [3.8, 4) is 5.69 Å². The Labute approximate surface area is 165 Å². The molecule has 2 aromatic heterocycles. The lowest BCUT2D eigenvalue weighted by Crippen LogP contribution is -2.32. The van der Waals surface area contributed by atoms with Crippen LogP contribution in [0.25, 0.3) is 16.5 Å². The normalized spacial score (nSPS) is 12.1. The van der Waals surface area contributed by atoms with Crippen LogP contribution in [-0.2, 0) is 0 Å². The first-order chi connectivity index (χ1) is 13.6. The second-order valence-electron chi connectivity index (χ2n) is 6.43. The lowest BCUT2D eigenvalue weighted by atomic mass is 10.1. The molecule has 4 rings (SSSR count). The van der Waals surface area contributed by atoms with Gasteiger partial charge in [0.1, 0.15) is 0 Å². The first-order valence-corrected chi connectivity index (χ1v) is 9.13. The molecule has 1 atom stereocenters. The molecule has 6 nitrogen and oxygen atoms in total. The van der Waals surface area contributed by atoms with Crippen LogP contribution in [0.15, 0.2) is 71.8 Å². The number of pyridine rings is 1. The summed E-state index contributed by atoms with van der Waals surface area (Å²) in [5, 5.41) is 10.9. The van der Waals surface area contributed by atoms with Gasteiger partial charge >= 0.3 is 0 Å². The molecule has 2 aromatic carbocycles. The van der Waals surface area contributed by atoms with Gasteiger partial charge in [-0.15, -0.1) is 0 Å². The van der Waals surface area contributed by atoms with Crippen LogP contribution < -0.4 is 10.9 Å². The minimum absolute atomic E-state index is 0.228. The summed E-state index contributed by atoms with van der Waals surface area (Å²) in [5.74, 6) is -0.278. The van der Waals surface area contributed by atoms with Crippen LogP contribution in [0.3, 0.4) is 0 Å². The smallest absolute Gasteiger partial charge is 0.264 e. The van der Waals surface area contributed by atoms with Gasteiger partial charge in [-0.1, -0.05) is 41.9 Å². The van der Waals surface area contributed by atoms with Gasteiger partial charge in [0.05, 0.1) is 28.2 Å². The van der Waals surface area contributed by atoms with Crippen molar-refractivity contribution in [1.29, 1.82) is 0 Å². The molecule has 28 heavy (non-hydrogen) atoms. The van der Waals surface area contributed by atoms with Crippen molar-refractivity contribution in [3.05, 3.63) is 93.6 Å². The highest BCUT2D eigenvalue weighted by atomic mass is 35.5. The zero-order valence-corrected chi connectivity index (χ0v) is 15.8. The van der Waals surface area contributed by atoms with E-state index in [1.807, 2.05) is 49.4 Å². The molecule has 0 unspecified atom stereocenters. The van der Waals surface area contributed by atoms with E-state index < -0.39 is 6.04 Å². The van der Waals surface area contributed by atoms with E-state index in [0.717, 1.165) is 5.39 Å². The monoisotopic (exact) mass is 392 g/mol. The largest absolute Gasteiger partial charge is 0.344 e. The molecule has 4 aromatic rings. The van der Waals surface area contributed by atoms with Crippen LogP contribution in [0.4, 0.5) is 0 Å². The molecular weight excluding hydrogens is 376 g/mol. The van der Waals surface area contributed by atoms with E-state index in [1.54, 1.807) is 16.7 Å². The first kappa shape index (κ1) is 18.0. The van der Waals surface area contributed by atoms with Crippen LogP contribution in [0.5, 0.6) is 0 Å². The van der Waals surface area contributed by atoms with E-state index in [9.17, 15) is 9.59 Å². The molecule has 2 N–H and O–H groups in total. The van der Waals surface area contributed by atoms with Crippen LogP contribution in [0.1, 0.15) is 29.0 Å². The highest BCUT2D eigenvalue weighted by Crippen LogP contribution is 2.25. The number of carbonyl (C=O) groups excluding carboxylic acids is 1. The lowest BCUT2D eigenvalue weighted by molar-refractivity contribution is 0.0939. The fourth-order valence-electron chi connectivity index (χ4n) is 3.23. The summed E-state index contributed by atoms with van der Waals surface area (Å²) < 4.78 is 1.59. The molecule has 2 heterocycles. The molecule has 0 aliphatic carbocycles. The molecule has 0 spiro atoms. The zero-order chi connectivity index (χ0) is 19.7. The minimum atomic E-state index is -0.432. The third-order valence-corrected chi connectivity index (χ3v) is 4.91. The Morgan fingerprint density at radius 1 is 1.18 bits per heavy atom. The van der Waals surface area contributed by atoms with Gasteiger partial charge in [0, 0.05) is 17.6 Å². The van der Waals surface area contributed by atoms with Gasteiger partial charge in [-0.2, -0.15) is 5.10 Å². The standard InChI is InChI=1S/C21H17ClN4O2/c1-13(25-20(27)15-11-23-24-12-15)18-10-14-6-5-9-17(22)19(14)21(28)26(18)16-7-3-2-4-8-16/h2-13H,1H3,(H,23,24)(H,25,27)/t13-/m0/s1. The van der Waals surface area contributed by atoms with Gasteiger partial charge in [-0.25, -0.2) is 0 Å². The van der Waals surface area contributed by atoms with E-state index in [-0.39, 0.29) is 11.5 Å². The predicted molar refractivity (Wildman–Crippen MR) is 109 cm³/mol. The van der Waals surface area contributed by atoms with Crippen molar-refractivity contribution in [1.82, 2.24) is 20.1 Å². The lowest BCUT2D eigenvalue weighted by Gasteiger charge is -2.21. The van der Waals surface area contributed by atoms with E-state index >= 15 is 0 Å². The maximum absolute atomic E-state index is 13.3. The number of benzene rings is 2. The quantitative estimate of drug-likeness (QED) is 0.553. The number of carbonyl (C=O) groups is 1. The third kappa shape index (κ3) is 3.18. The highest BCUT2D eigenvalue weighted by molar-refractivity contribution is 6.35. The van der Waals surface area contributed by atoms with Gasteiger partial charge in [0.25, 0.3) is 11.5 Å². The third-order valence-electron chi connectivity index (χ3n) is 4.59. The average Bonchev–Trinajstić information content (AvgIpc) is 3.23. The molecule has 0 aliphatic heterocycles. The summed E-state index contributed by atoms with van der Waals surface area (Å²) in [7, 11) is 0. The molecule has 7 heteroatoms. The number of aromatic amines is 1. The highest BCUT2D eigenvalue weighted by Gasteiger charge is 2.19. The maximum atomic E-state index is 13.3. The number of aromatic nitrogens is 3. The number of hydrogen-bond donors (Lipinski definition) is 2. The van der Waals surface area contributed by atoms with E-state index in [2.05, 4.69) is 15.5 Å². The molecule has 0 saturated heterocycles. The summed E-state index contributed by atoms with van der Waals surface area (Å²) >= 11 is 6.31. The molecule has 140 valence electrons. The van der Waals surface area contributed by atoms with Gasteiger partial charge in [0.2, 0.25) is 0 Å². The number of nitrogens with zero attached hydrogens (tertiary/aromatic N) is 2. The van der Waals surface area contributed by atoms with Crippen molar-refractivity contribution in [2.24, 2.45) is 0 Å². The summed E-state index contributed by atoms with van der Waals surface area (Å²) in [4.78, 5) is 25.8. The molecule has 0 radical (unpaired) electrons. The topological polar surface area (TPSA) is 79.8 Å². The molecule has 0 bridgehead atoms. The van der Waals surface area contributed by atoms with Crippen molar-refractivity contribution in [2.75, 3.05) is 0 Å². The molecule has 0 aliphatic rings. The Hall–Kier alpha value is -3.38. The van der Waals surface area contributed by atoms with Gasteiger partial charge in [-0.3, -0.25) is 19.3 Å². The zero-order valence-electron chi connectivity index (χ0n) is 15.0. The van der Waals surface area contributed by atoms with Gasteiger partial charge in [-0.05, 0) is 36.6 Å². The van der Waals surface area contributed by atoms with Crippen molar-refractivity contribution < 1.29 is 4.79 Å². The minimum Gasteiger partial charge on any atom is -0.344 e. The number of H-pyrrole nitrogens is 1. The Balaban J connectivity index is 1.89. The summed E-state index contributed by atoms with van der Waals surface area (Å²) in [6, 6.07) is 16.1. The Morgan fingerprint density at radius 3 is 2.68 bits per heavy atom. The average molecular weight is 393 g/mol. The predicted octanol–water partition coefficient (Wildman–Crippen LogP) is 3.86. The second kappa shape index (κ2) is 7.32. The fraction of sp³-hybridized carbons (Fsp3) is 0.0952. The number of hydrogen-bond acceptors (Lipinski definition) is 3. The van der Waals surface area contributed by atoms with Gasteiger partial charge < -0.3 is 5.32 Å². The number of rotatable bonds is 4. The molecular formula is C21H17ClN4O2. The maximum Gasteiger partial charge on any atom is 0.264 e. The number of halogens is 1. The second-order valence-corrected chi connectivity index (χ2v) is 6.84. The summed E-state index contributed by atoms with van der Waals surface area (Å²) in [6.45, 7) is 1.84. The first-order valence-electron chi connectivity index (χ1n) is 8.75. The van der Waals surface area contributed by atoms with Gasteiger partial charge in [0.15, 0.2) is 0 Å². The van der Waals surface area contributed by atoms with Crippen molar-refractivity contribution >= 4 is 28.3 Å². The number of amides is 1. The van der Waals surface area contributed by atoms with Crippen molar-refractivity contribution in [3.63, 3.8) is 0 Å². The van der Waals surface area contributed by atoms with Crippen molar-refractivity contribution in [2.45, 2.75) is 13.0 Å². The van der Waals surface area contributed by atoms with E-state index in [0.29, 0.717) is 27.4 Å².